The molecule has 1 fully saturated rings. The molecule has 0 unspecified atom stereocenters. The summed E-state index contributed by atoms with van der Waals surface area (Å²) in [5.74, 6) is 6.65. The van der Waals surface area contributed by atoms with Crippen LogP contribution in [0.25, 0.3) is 0 Å². The zero-order valence-electron chi connectivity index (χ0n) is 11.6. The number of nitrogens with zero attached hydrogens (tertiary/aromatic N) is 1. The minimum Gasteiger partial charge on any atom is -0.341 e. The quantitative estimate of drug-likeness (QED) is 0.838. The Hall–Kier alpha value is -1.79. The van der Waals surface area contributed by atoms with Gasteiger partial charge in [0.1, 0.15) is 0 Å². The molecule has 0 atom stereocenters. The molecule has 1 aromatic rings. The summed E-state index contributed by atoms with van der Waals surface area (Å²) in [6.07, 6.45) is 2.51. The van der Waals surface area contributed by atoms with Gasteiger partial charge in [-0.15, -0.1) is 0 Å². The molecule has 1 saturated carbocycles. The third-order valence-corrected chi connectivity index (χ3v) is 3.37. The van der Waals surface area contributed by atoms with E-state index in [1.54, 1.807) is 0 Å². The maximum Gasteiger partial charge on any atom is 0.253 e. The van der Waals surface area contributed by atoms with Crippen LogP contribution in [0.15, 0.2) is 18.2 Å². The Morgan fingerprint density at radius 2 is 2.21 bits per heavy atom. The van der Waals surface area contributed by atoms with Gasteiger partial charge in [-0.05, 0) is 49.4 Å². The van der Waals surface area contributed by atoms with Gasteiger partial charge in [0.25, 0.3) is 5.91 Å². The molecule has 100 valence electrons. The van der Waals surface area contributed by atoms with Crippen LogP contribution in [0, 0.1) is 24.7 Å². The standard InChI is InChI=1S/C16H20N2O/c1-12-10-15(8-7-14(12)4-3-9-17)16(19)18(2)11-13-5-6-13/h7-8,10,13H,5-6,9,11,17H2,1-2H3. The fraction of sp³-hybridized carbons (Fsp3) is 0.438. The lowest BCUT2D eigenvalue weighted by molar-refractivity contribution is 0.0788. The van der Waals surface area contributed by atoms with Gasteiger partial charge in [-0.2, -0.15) is 0 Å². The molecule has 0 bridgehead atoms. The minimum absolute atomic E-state index is 0.0911. The Morgan fingerprint density at radius 1 is 1.47 bits per heavy atom. The molecule has 2 rings (SSSR count). The second kappa shape index (κ2) is 5.90. The molecular weight excluding hydrogens is 236 g/mol. The van der Waals surface area contributed by atoms with E-state index in [4.69, 9.17) is 5.73 Å². The summed E-state index contributed by atoms with van der Waals surface area (Å²) in [7, 11) is 1.87. The number of rotatable bonds is 3. The van der Waals surface area contributed by atoms with Gasteiger partial charge >= 0.3 is 0 Å². The highest BCUT2D eigenvalue weighted by Gasteiger charge is 2.25. The van der Waals surface area contributed by atoms with Gasteiger partial charge < -0.3 is 10.6 Å². The van der Waals surface area contributed by atoms with Gasteiger partial charge in [0.05, 0.1) is 6.54 Å². The Balaban J connectivity index is 2.11. The zero-order chi connectivity index (χ0) is 13.8. The highest BCUT2D eigenvalue weighted by atomic mass is 16.2. The number of carbonyl (C=O) groups is 1. The van der Waals surface area contributed by atoms with E-state index < -0.39 is 0 Å². The number of aryl methyl sites for hydroxylation is 1. The summed E-state index contributed by atoms with van der Waals surface area (Å²) < 4.78 is 0. The molecule has 0 aromatic heterocycles. The van der Waals surface area contributed by atoms with Crippen LogP contribution in [-0.2, 0) is 0 Å². The third-order valence-electron chi connectivity index (χ3n) is 3.37. The lowest BCUT2D eigenvalue weighted by Gasteiger charge is -2.17. The molecule has 1 aliphatic carbocycles. The molecule has 19 heavy (non-hydrogen) atoms. The van der Waals surface area contributed by atoms with Gasteiger partial charge in [-0.3, -0.25) is 4.79 Å². The molecule has 1 aromatic carbocycles. The van der Waals surface area contributed by atoms with Crippen LogP contribution in [0.4, 0.5) is 0 Å². The highest BCUT2D eigenvalue weighted by molar-refractivity contribution is 5.94. The van der Waals surface area contributed by atoms with Crippen molar-refractivity contribution in [2.75, 3.05) is 20.1 Å². The number of amides is 1. The Kier molecular flexibility index (Phi) is 4.24. The SMILES string of the molecule is Cc1cc(C(=O)N(C)CC2CC2)ccc1C#CCN. The van der Waals surface area contributed by atoms with Crippen molar-refractivity contribution in [3.05, 3.63) is 34.9 Å². The van der Waals surface area contributed by atoms with Crippen molar-refractivity contribution in [3.8, 4) is 11.8 Å². The van der Waals surface area contributed by atoms with Crippen molar-refractivity contribution in [2.24, 2.45) is 11.7 Å². The lowest BCUT2D eigenvalue weighted by Crippen LogP contribution is -2.28. The maximum atomic E-state index is 12.3. The topological polar surface area (TPSA) is 46.3 Å². The summed E-state index contributed by atoms with van der Waals surface area (Å²) in [4.78, 5) is 14.1. The molecule has 1 aliphatic rings. The van der Waals surface area contributed by atoms with Gasteiger partial charge in [0.15, 0.2) is 0 Å². The van der Waals surface area contributed by atoms with E-state index in [2.05, 4.69) is 11.8 Å². The molecule has 0 aliphatic heterocycles. The molecule has 1 amide bonds. The highest BCUT2D eigenvalue weighted by Crippen LogP contribution is 2.29. The second-order valence-electron chi connectivity index (χ2n) is 5.16. The van der Waals surface area contributed by atoms with Crippen molar-refractivity contribution in [1.82, 2.24) is 4.90 Å². The van der Waals surface area contributed by atoms with Crippen LogP contribution >= 0.6 is 0 Å². The summed E-state index contributed by atoms with van der Waals surface area (Å²) in [5, 5.41) is 0. The van der Waals surface area contributed by atoms with E-state index >= 15 is 0 Å². The first-order valence-corrected chi connectivity index (χ1v) is 6.67. The van der Waals surface area contributed by atoms with Crippen molar-refractivity contribution < 1.29 is 4.79 Å². The van der Waals surface area contributed by atoms with E-state index in [1.807, 2.05) is 37.1 Å². The molecule has 3 heteroatoms. The summed E-state index contributed by atoms with van der Waals surface area (Å²) in [5.41, 5.74) is 8.05. The van der Waals surface area contributed by atoms with Crippen LogP contribution in [0.1, 0.15) is 34.3 Å². The van der Waals surface area contributed by atoms with Crippen molar-refractivity contribution in [1.29, 1.82) is 0 Å². The van der Waals surface area contributed by atoms with E-state index in [0.717, 1.165) is 23.2 Å². The monoisotopic (exact) mass is 256 g/mol. The maximum absolute atomic E-state index is 12.3. The van der Waals surface area contributed by atoms with E-state index in [1.165, 1.54) is 12.8 Å². The molecule has 0 spiro atoms. The van der Waals surface area contributed by atoms with Gasteiger partial charge in [-0.1, -0.05) is 11.8 Å². The van der Waals surface area contributed by atoms with Crippen LogP contribution in [0.2, 0.25) is 0 Å². The molecule has 2 N–H and O–H groups in total. The predicted molar refractivity (Wildman–Crippen MR) is 76.8 cm³/mol. The van der Waals surface area contributed by atoms with E-state index in [-0.39, 0.29) is 5.91 Å². The lowest BCUT2D eigenvalue weighted by atomic mass is 10.0. The minimum atomic E-state index is 0.0911. The van der Waals surface area contributed by atoms with E-state index in [0.29, 0.717) is 12.5 Å². The summed E-state index contributed by atoms with van der Waals surface area (Å²) in [6, 6.07) is 5.65. The first-order chi connectivity index (χ1) is 9.11. The summed E-state index contributed by atoms with van der Waals surface area (Å²) in [6.45, 7) is 3.19. The average molecular weight is 256 g/mol. The number of hydrogen-bond acceptors (Lipinski definition) is 2. The summed E-state index contributed by atoms with van der Waals surface area (Å²) >= 11 is 0. The van der Waals surface area contributed by atoms with E-state index in [9.17, 15) is 4.79 Å². The molecule has 0 heterocycles. The molecule has 3 nitrogen and oxygen atoms in total. The normalized spacial score (nSPS) is 13.6. The first kappa shape index (κ1) is 13.6. The van der Waals surface area contributed by atoms with Gasteiger partial charge in [-0.25, -0.2) is 0 Å². The Bertz CT molecular complexity index is 535. The molecule has 0 radical (unpaired) electrons. The third kappa shape index (κ3) is 3.59. The van der Waals surface area contributed by atoms with Crippen molar-refractivity contribution >= 4 is 5.91 Å². The number of carbonyl (C=O) groups excluding carboxylic acids is 1. The first-order valence-electron chi connectivity index (χ1n) is 6.67. The fourth-order valence-corrected chi connectivity index (χ4v) is 2.07. The second-order valence-corrected chi connectivity index (χ2v) is 5.16. The van der Waals surface area contributed by atoms with Gasteiger partial charge in [0, 0.05) is 24.7 Å². The number of benzene rings is 1. The molecular formula is C16H20N2O. The fourth-order valence-electron chi connectivity index (χ4n) is 2.07. The van der Waals surface area contributed by atoms with Crippen molar-refractivity contribution in [3.63, 3.8) is 0 Å². The van der Waals surface area contributed by atoms with Crippen LogP contribution in [-0.4, -0.2) is 30.9 Å². The average Bonchev–Trinajstić information content (AvgIpc) is 3.20. The van der Waals surface area contributed by atoms with Crippen LogP contribution < -0.4 is 5.73 Å². The Labute approximate surface area is 114 Å². The van der Waals surface area contributed by atoms with Gasteiger partial charge in [0.2, 0.25) is 0 Å². The zero-order valence-corrected chi connectivity index (χ0v) is 11.6. The van der Waals surface area contributed by atoms with Crippen LogP contribution in [0.3, 0.4) is 0 Å². The van der Waals surface area contributed by atoms with Crippen molar-refractivity contribution in [2.45, 2.75) is 19.8 Å². The largest absolute Gasteiger partial charge is 0.341 e. The smallest absolute Gasteiger partial charge is 0.253 e. The number of hydrogen-bond donors (Lipinski definition) is 1. The Morgan fingerprint density at radius 3 is 2.79 bits per heavy atom. The predicted octanol–water partition coefficient (Wildman–Crippen LogP) is 1.79. The van der Waals surface area contributed by atoms with Crippen LogP contribution in [0.5, 0.6) is 0 Å². The molecule has 0 saturated heterocycles. The number of nitrogens with two attached hydrogens (primary N) is 1.